The van der Waals surface area contributed by atoms with Crippen LogP contribution in [0.25, 0.3) is 0 Å². The number of likely N-dealkylation sites (tertiary alicyclic amines) is 1. The van der Waals surface area contributed by atoms with Crippen LogP contribution in [0.4, 0.5) is 5.82 Å². The number of H-pyrrole nitrogens is 1. The van der Waals surface area contributed by atoms with Gasteiger partial charge in [-0.2, -0.15) is 0 Å². The molecule has 0 radical (unpaired) electrons. The van der Waals surface area contributed by atoms with Crippen molar-refractivity contribution in [2.24, 2.45) is 0 Å². The fourth-order valence-electron chi connectivity index (χ4n) is 3.87. The lowest BCUT2D eigenvalue weighted by molar-refractivity contribution is 0.0699. The fraction of sp³-hybridized carbons (Fsp3) is 0.579. The Balaban J connectivity index is 1.53. The molecule has 4 heterocycles. The Morgan fingerprint density at radius 1 is 1.22 bits per heavy atom. The van der Waals surface area contributed by atoms with Gasteiger partial charge in [-0.15, -0.1) is 0 Å². The maximum Gasteiger partial charge on any atom is 0.274 e. The van der Waals surface area contributed by atoms with E-state index in [1.165, 1.54) is 0 Å². The molecule has 0 aliphatic carbocycles. The van der Waals surface area contributed by atoms with E-state index in [-0.39, 0.29) is 11.8 Å². The molecule has 0 bridgehead atoms. The molecule has 27 heavy (non-hydrogen) atoms. The van der Waals surface area contributed by atoms with Gasteiger partial charge in [-0.05, 0) is 26.7 Å². The highest BCUT2D eigenvalue weighted by atomic mass is 16.5. The van der Waals surface area contributed by atoms with Gasteiger partial charge in [0.15, 0.2) is 0 Å². The number of imidazole rings is 1. The quantitative estimate of drug-likeness (QED) is 0.884. The minimum atomic E-state index is -0.00219. The van der Waals surface area contributed by atoms with Crippen LogP contribution in [-0.2, 0) is 4.74 Å². The van der Waals surface area contributed by atoms with E-state index in [2.05, 4.69) is 25.9 Å². The van der Waals surface area contributed by atoms with Crippen molar-refractivity contribution in [3.8, 4) is 0 Å². The molecular formula is C19H26N6O2. The van der Waals surface area contributed by atoms with Crippen LogP contribution in [-0.4, -0.2) is 70.1 Å². The van der Waals surface area contributed by atoms with Crippen molar-refractivity contribution in [3.05, 3.63) is 35.3 Å². The first kappa shape index (κ1) is 17.9. The van der Waals surface area contributed by atoms with Gasteiger partial charge in [0.05, 0.1) is 25.2 Å². The van der Waals surface area contributed by atoms with Crippen molar-refractivity contribution in [2.45, 2.75) is 32.6 Å². The molecule has 144 valence electrons. The first-order valence-electron chi connectivity index (χ1n) is 9.59. The molecule has 1 N–H and O–H groups in total. The van der Waals surface area contributed by atoms with E-state index in [1.807, 2.05) is 18.7 Å². The van der Waals surface area contributed by atoms with Crippen LogP contribution in [0.2, 0.25) is 0 Å². The van der Waals surface area contributed by atoms with Crippen LogP contribution in [0.15, 0.2) is 12.4 Å². The van der Waals surface area contributed by atoms with Gasteiger partial charge in [0, 0.05) is 43.9 Å². The molecule has 2 fully saturated rings. The molecule has 2 aromatic rings. The summed E-state index contributed by atoms with van der Waals surface area (Å²) >= 11 is 0. The second kappa shape index (κ2) is 7.64. The van der Waals surface area contributed by atoms with E-state index in [9.17, 15) is 4.79 Å². The Hall–Kier alpha value is -2.48. The Morgan fingerprint density at radius 3 is 2.78 bits per heavy atom. The van der Waals surface area contributed by atoms with Gasteiger partial charge in [-0.1, -0.05) is 0 Å². The topological polar surface area (TPSA) is 87.2 Å². The average molecular weight is 370 g/mol. The number of carbonyl (C=O) groups is 1. The number of nitrogens with one attached hydrogen (secondary N) is 1. The highest BCUT2D eigenvalue weighted by Crippen LogP contribution is 2.28. The van der Waals surface area contributed by atoms with Crippen molar-refractivity contribution < 1.29 is 9.53 Å². The summed E-state index contributed by atoms with van der Waals surface area (Å²) in [5.41, 5.74) is 2.36. The lowest BCUT2D eigenvalue weighted by Crippen LogP contribution is -2.40. The molecule has 1 atom stereocenters. The number of morpholine rings is 1. The van der Waals surface area contributed by atoms with Gasteiger partial charge >= 0.3 is 0 Å². The summed E-state index contributed by atoms with van der Waals surface area (Å²) in [6.07, 6.45) is 3.57. The molecule has 0 saturated carbocycles. The van der Waals surface area contributed by atoms with Crippen molar-refractivity contribution in [3.63, 3.8) is 0 Å². The van der Waals surface area contributed by atoms with E-state index < -0.39 is 0 Å². The number of aromatic nitrogens is 4. The summed E-state index contributed by atoms with van der Waals surface area (Å²) in [7, 11) is 0. The third-order valence-electron chi connectivity index (χ3n) is 5.34. The number of nitrogens with zero attached hydrogens (tertiary/aromatic N) is 5. The SMILES string of the molecule is Cc1nc([C@H]2CCCN(C(=O)c3nc[nH]c3C)C2)cc(N2CCOCC2)n1. The van der Waals surface area contributed by atoms with Crippen LogP contribution in [0, 0.1) is 13.8 Å². The van der Waals surface area contributed by atoms with E-state index in [1.54, 1.807) is 6.33 Å². The number of amides is 1. The molecule has 4 rings (SSSR count). The molecule has 0 aromatic carbocycles. The van der Waals surface area contributed by atoms with Crippen LogP contribution in [0.5, 0.6) is 0 Å². The molecule has 2 saturated heterocycles. The Kier molecular flexibility index (Phi) is 5.07. The second-order valence-corrected chi connectivity index (χ2v) is 7.26. The van der Waals surface area contributed by atoms with Crippen LogP contribution in [0.1, 0.15) is 46.5 Å². The molecule has 0 spiro atoms. The number of ether oxygens (including phenoxy) is 1. The maximum absolute atomic E-state index is 12.8. The van der Waals surface area contributed by atoms with Crippen LogP contribution >= 0.6 is 0 Å². The number of rotatable bonds is 3. The molecule has 0 unspecified atom stereocenters. The average Bonchev–Trinajstić information content (AvgIpc) is 3.13. The number of piperidine rings is 1. The Bertz CT molecular complexity index is 814. The highest BCUT2D eigenvalue weighted by Gasteiger charge is 2.29. The fourth-order valence-corrected chi connectivity index (χ4v) is 3.87. The van der Waals surface area contributed by atoms with Crippen LogP contribution < -0.4 is 4.90 Å². The van der Waals surface area contributed by atoms with Gasteiger partial charge in [-0.3, -0.25) is 4.79 Å². The molecule has 2 aliphatic rings. The van der Waals surface area contributed by atoms with E-state index in [4.69, 9.17) is 9.72 Å². The largest absolute Gasteiger partial charge is 0.378 e. The van der Waals surface area contributed by atoms with E-state index in [0.29, 0.717) is 12.2 Å². The van der Waals surface area contributed by atoms with Crippen LogP contribution in [0.3, 0.4) is 0 Å². The second-order valence-electron chi connectivity index (χ2n) is 7.26. The number of aromatic amines is 1. The zero-order chi connectivity index (χ0) is 18.8. The Morgan fingerprint density at radius 2 is 2.04 bits per heavy atom. The predicted molar refractivity (Wildman–Crippen MR) is 101 cm³/mol. The standard InChI is InChI=1S/C19H26N6O2/c1-13-18(21-12-20-13)19(26)25-5-3-4-15(11-25)16-10-17(23-14(2)22-16)24-6-8-27-9-7-24/h10,12,15H,3-9,11H2,1-2H3,(H,20,21)/t15-/m0/s1. The van der Waals surface area contributed by atoms with Gasteiger partial charge in [0.1, 0.15) is 17.3 Å². The molecule has 1 amide bonds. The van der Waals surface area contributed by atoms with Gasteiger partial charge < -0.3 is 19.5 Å². The summed E-state index contributed by atoms with van der Waals surface area (Å²) in [6.45, 7) is 8.41. The zero-order valence-electron chi connectivity index (χ0n) is 15.9. The minimum absolute atomic E-state index is 0.00219. The Labute approximate surface area is 159 Å². The number of aryl methyl sites for hydroxylation is 2. The summed E-state index contributed by atoms with van der Waals surface area (Å²) in [5.74, 6) is 1.97. The number of hydrogen-bond donors (Lipinski definition) is 1. The summed E-state index contributed by atoms with van der Waals surface area (Å²) in [5, 5.41) is 0. The highest BCUT2D eigenvalue weighted by molar-refractivity contribution is 5.93. The van der Waals surface area contributed by atoms with Crippen molar-refractivity contribution in [1.82, 2.24) is 24.8 Å². The zero-order valence-corrected chi connectivity index (χ0v) is 15.9. The predicted octanol–water partition coefficient (Wildman–Crippen LogP) is 1.67. The third kappa shape index (κ3) is 3.80. The molecule has 8 nitrogen and oxygen atoms in total. The minimum Gasteiger partial charge on any atom is -0.378 e. The lowest BCUT2D eigenvalue weighted by atomic mass is 9.94. The first-order chi connectivity index (χ1) is 13.1. The van der Waals surface area contributed by atoms with E-state index >= 15 is 0 Å². The van der Waals surface area contributed by atoms with Gasteiger partial charge in [0.25, 0.3) is 5.91 Å². The van der Waals surface area contributed by atoms with Crippen molar-refractivity contribution in [2.75, 3.05) is 44.3 Å². The summed E-state index contributed by atoms with van der Waals surface area (Å²) < 4.78 is 5.45. The van der Waals surface area contributed by atoms with Gasteiger partial charge in [-0.25, -0.2) is 15.0 Å². The van der Waals surface area contributed by atoms with Crippen molar-refractivity contribution >= 4 is 11.7 Å². The molecule has 2 aliphatic heterocycles. The third-order valence-corrected chi connectivity index (χ3v) is 5.34. The van der Waals surface area contributed by atoms with Crippen molar-refractivity contribution in [1.29, 1.82) is 0 Å². The molecular weight excluding hydrogens is 344 g/mol. The maximum atomic E-state index is 12.8. The summed E-state index contributed by atoms with van der Waals surface area (Å²) in [6, 6.07) is 2.09. The number of hydrogen-bond acceptors (Lipinski definition) is 6. The number of carbonyl (C=O) groups excluding carboxylic acids is 1. The normalized spacial score (nSPS) is 20.7. The monoisotopic (exact) mass is 370 g/mol. The summed E-state index contributed by atoms with van der Waals surface area (Å²) in [4.78, 5) is 33.5. The number of anilines is 1. The lowest BCUT2D eigenvalue weighted by Gasteiger charge is -2.33. The smallest absolute Gasteiger partial charge is 0.274 e. The first-order valence-corrected chi connectivity index (χ1v) is 9.59. The van der Waals surface area contributed by atoms with Gasteiger partial charge in [0.2, 0.25) is 0 Å². The molecule has 8 heteroatoms. The van der Waals surface area contributed by atoms with E-state index in [0.717, 1.165) is 68.7 Å². The molecule has 2 aromatic heterocycles.